The van der Waals surface area contributed by atoms with Crippen LogP contribution in [0.3, 0.4) is 0 Å². The standard InChI is InChI=1S/C28H27ClN2O5S/c1-14-4-3-5-21(29)24(14)25-20(15(2)36-31-25)13-35-19-11-17-7-8-18(12-19)28(17,34)27-30-22-9-6-16(26(32)33)10-23(22)37-27/h3-6,9-10,17-19,34H,7-8,11-13H2,1-2H3,(H,32,33)/t17-,18+,19-,28+. The molecule has 37 heavy (non-hydrogen) atoms. The monoisotopic (exact) mass is 538 g/mol. The van der Waals surface area contributed by atoms with Gasteiger partial charge in [-0.25, -0.2) is 9.78 Å². The summed E-state index contributed by atoms with van der Waals surface area (Å²) in [7, 11) is 0. The van der Waals surface area contributed by atoms with Crippen molar-refractivity contribution in [3.8, 4) is 11.3 Å². The first-order chi connectivity index (χ1) is 17.8. The molecule has 0 radical (unpaired) electrons. The molecule has 0 spiro atoms. The number of aromatic nitrogens is 2. The summed E-state index contributed by atoms with van der Waals surface area (Å²) in [5, 5.41) is 26.8. The van der Waals surface area contributed by atoms with Crippen LogP contribution >= 0.6 is 22.9 Å². The van der Waals surface area contributed by atoms with E-state index in [9.17, 15) is 15.0 Å². The molecule has 7 nitrogen and oxygen atoms in total. The lowest BCUT2D eigenvalue weighted by Gasteiger charge is -2.41. The number of ether oxygens (including phenoxy) is 1. The quantitative estimate of drug-likeness (QED) is 0.288. The van der Waals surface area contributed by atoms with Crippen LogP contribution in [0.5, 0.6) is 0 Å². The molecule has 0 aliphatic heterocycles. The molecule has 2 bridgehead atoms. The lowest BCUT2D eigenvalue weighted by Crippen LogP contribution is -2.44. The minimum atomic E-state index is -1.01. The van der Waals surface area contributed by atoms with Crippen LogP contribution in [-0.4, -0.2) is 32.4 Å². The number of carboxylic acids is 1. The lowest BCUT2D eigenvalue weighted by atomic mass is 9.73. The average Bonchev–Trinajstić information content (AvgIpc) is 3.49. The largest absolute Gasteiger partial charge is 0.478 e. The molecule has 2 aromatic heterocycles. The van der Waals surface area contributed by atoms with Crippen molar-refractivity contribution in [1.29, 1.82) is 0 Å². The summed E-state index contributed by atoms with van der Waals surface area (Å²) in [6, 6.07) is 10.7. The van der Waals surface area contributed by atoms with Gasteiger partial charge in [0.1, 0.15) is 22.1 Å². The second kappa shape index (κ2) is 9.20. The number of aryl methyl sites for hydroxylation is 2. The number of aromatic carboxylic acids is 1. The average molecular weight is 539 g/mol. The molecule has 2 saturated carbocycles. The number of fused-ring (bicyclic) bond motifs is 3. The Morgan fingerprint density at radius 1 is 1.22 bits per heavy atom. The summed E-state index contributed by atoms with van der Waals surface area (Å²) in [6.45, 7) is 4.24. The minimum Gasteiger partial charge on any atom is -0.478 e. The van der Waals surface area contributed by atoms with E-state index in [0.29, 0.717) is 28.1 Å². The van der Waals surface area contributed by atoms with Crippen LogP contribution in [0.1, 0.15) is 57.9 Å². The third-order valence-electron chi connectivity index (χ3n) is 8.09. The number of benzene rings is 2. The lowest BCUT2D eigenvalue weighted by molar-refractivity contribution is -0.116. The number of rotatable bonds is 6. The van der Waals surface area contributed by atoms with Gasteiger partial charge in [-0.3, -0.25) is 0 Å². The van der Waals surface area contributed by atoms with E-state index in [-0.39, 0.29) is 23.5 Å². The van der Waals surface area contributed by atoms with Gasteiger partial charge in [-0.15, -0.1) is 11.3 Å². The molecule has 0 unspecified atom stereocenters. The molecule has 2 aliphatic carbocycles. The SMILES string of the molecule is Cc1cccc(Cl)c1-c1noc(C)c1CO[C@@H]1C[C@H]2CC[C@@H](C1)[C@]2(O)c1nc2ccc(C(=O)O)cc2s1. The third kappa shape index (κ3) is 4.07. The highest BCUT2D eigenvalue weighted by Gasteiger charge is 2.56. The van der Waals surface area contributed by atoms with Crippen LogP contribution in [0.2, 0.25) is 5.02 Å². The maximum Gasteiger partial charge on any atom is 0.335 e. The predicted molar refractivity (Wildman–Crippen MR) is 141 cm³/mol. The summed E-state index contributed by atoms with van der Waals surface area (Å²) in [5.41, 5.74) is 3.43. The molecule has 2 aliphatic rings. The molecule has 9 heteroatoms. The highest BCUT2D eigenvalue weighted by atomic mass is 35.5. The maximum atomic E-state index is 11.9. The summed E-state index contributed by atoms with van der Waals surface area (Å²) in [6.07, 6.45) is 3.28. The first-order valence-electron chi connectivity index (χ1n) is 12.4. The molecule has 2 N–H and O–H groups in total. The van der Waals surface area contributed by atoms with Gasteiger partial charge in [0.2, 0.25) is 0 Å². The smallest absolute Gasteiger partial charge is 0.335 e. The fourth-order valence-electron chi connectivity index (χ4n) is 6.11. The number of carbonyl (C=O) groups is 1. The van der Waals surface area contributed by atoms with Crippen LogP contribution < -0.4 is 0 Å². The van der Waals surface area contributed by atoms with Gasteiger partial charge in [-0.1, -0.05) is 28.9 Å². The zero-order chi connectivity index (χ0) is 25.9. The van der Waals surface area contributed by atoms with E-state index in [2.05, 4.69) is 5.16 Å². The number of nitrogens with zero attached hydrogens (tertiary/aromatic N) is 2. The first kappa shape index (κ1) is 24.6. The molecule has 0 saturated heterocycles. The summed E-state index contributed by atoms with van der Waals surface area (Å²) in [5.74, 6) is -0.196. The maximum absolute atomic E-state index is 11.9. The molecule has 0 amide bonds. The first-order valence-corrected chi connectivity index (χ1v) is 13.6. The fourth-order valence-corrected chi connectivity index (χ4v) is 7.67. The Morgan fingerprint density at radius 2 is 1.97 bits per heavy atom. The van der Waals surface area contributed by atoms with Gasteiger partial charge in [0.25, 0.3) is 0 Å². The van der Waals surface area contributed by atoms with Gasteiger partial charge in [0.05, 0.1) is 33.5 Å². The summed E-state index contributed by atoms with van der Waals surface area (Å²) in [4.78, 5) is 16.1. The Hall–Kier alpha value is -2.78. The number of thiazole rings is 1. The topological polar surface area (TPSA) is 106 Å². The zero-order valence-electron chi connectivity index (χ0n) is 20.5. The van der Waals surface area contributed by atoms with Crippen molar-refractivity contribution in [1.82, 2.24) is 10.1 Å². The number of hydrogen-bond donors (Lipinski definition) is 2. The van der Waals surface area contributed by atoms with Crippen molar-refractivity contribution in [3.05, 3.63) is 68.9 Å². The fraction of sp³-hybridized carbons (Fsp3) is 0.393. The summed E-state index contributed by atoms with van der Waals surface area (Å²) >= 11 is 7.90. The van der Waals surface area contributed by atoms with Gasteiger partial charge in [-0.05, 0) is 81.2 Å². The van der Waals surface area contributed by atoms with E-state index >= 15 is 0 Å². The van der Waals surface area contributed by atoms with E-state index < -0.39 is 11.6 Å². The summed E-state index contributed by atoms with van der Waals surface area (Å²) < 4.78 is 12.7. The Balaban J connectivity index is 1.21. The van der Waals surface area contributed by atoms with Gasteiger partial charge in [0.15, 0.2) is 0 Å². The third-order valence-corrected chi connectivity index (χ3v) is 9.56. The van der Waals surface area contributed by atoms with E-state index in [0.717, 1.165) is 52.6 Å². The molecule has 2 heterocycles. The van der Waals surface area contributed by atoms with Gasteiger partial charge >= 0.3 is 5.97 Å². The van der Waals surface area contributed by atoms with E-state index in [4.69, 9.17) is 25.8 Å². The van der Waals surface area contributed by atoms with Crippen LogP contribution in [0.25, 0.3) is 21.5 Å². The predicted octanol–water partition coefficient (Wildman–Crippen LogP) is 6.51. The van der Waals surface area contributed by atoms with Crippen molar-refractivity contribution in [3.63, 3.8) is 0 Å². The van der Waals surface area contributed by atoms with Crippen LogP contribution in [0.4, 0.5) is 0 Å². The molecule has 2 aromatic carbocycles. The Morgan fingerprint density at radius 3 is 2.68 bits per heavy atom. The zero-order valence-corrected chi connectivity index (χ0v) is 22.1. The molecule has 4 atom stereocenters. The molecule has 192 valence electrons. The van der Waals surface area contributed by atoms with Crippen molar-refractivity contribution in [2.75, 3.05) is 0 Å². The van der Waals surface area contributed by atoms with Crippen molar-refractivity contribution >= 4 is 39.1 Å². The number of carboxylic acid groups (broad SMARTS) is 1. The van der Waals surface area contributed by atoms with Crippen molar-refractivity contribution in [2.45, 2.75) is 57.8 Å². The van der Waals surface area contributed by atoms with E-state index in [1.807, 2.05) is 32.0 Å². The van der Waals surface area contributed by atoms with Crippen LogP contribution in [0.15, 0.2) is 40.9 Å². The molecule has 4 aromatic rings. The normalized spacial score (nSPS) is 25.1. The molecule has 6 rings (SSSR count). The van der Waals surface area contributed by atoms with Gasteiger partial charge in [0, 0.05) is 11.1 Å². The van der Waals surface area contributed by atoms with Crippen LogP contribution in [-0.2, 0) is 16.9 Å². The van der Waals surface area contributed by atoms with Crippen LogP contribution in [0, 0.1) is 25.7 Å². The minimum absolute atomic E-state index is 0.000239. The van der Waals surface area contributed by atoms with Gasteiger partial charge < -0.3 is 19.5 Å². The molecule has 2 fully saturated rings. The number of aliphatic hydroxyl groups is 1. The second-order valence-electron chi connectivity index (χ2n) is 10.2. The Bertz CT molecular complexity index is 1480. The van der Waals surface area contributed by atoms with E-state index in [1.54, 1.807) is 18.2 Å². The second-order valence-corrected chi connectivity index (χ2v) is 11.6. The number of hydrogen-bond acceptors (Lipinski definition) is 7. The van der Waals surface area contributed by atoms with Gasteiger partial charge in [-0.2, -0.15) is 0 Å². The van der Waals surface area contributed by atoms with E-state index in [1.165, 1.54) is 11.3 Å². The van der Waals surface area contributed by atoms with Crippen molar-refractivity contribution in [2.24, 2.45) is 11.8 Å². The number of halogens is 1. The highest BCUT2D eigenvalue weighted by Crippen LogP contribution is 2.56. The molecular formula is C28H27ClN2O5S. The molecular weight excluding hydrogens is 512 g/mol. The Kier molecular flexibility index (Phi) is 6.11. The van der Waals surface area contributed by atoms with Crippen molar-refractivity contribution < 1.29 is 24.3 Å². The Labute approximate surface area is 223 Å². The highest BCUT2D eigenvalue weighted by molar-refractivity contribution is 7.18.